The van der Waals surface area contributed by atoms with Crippen LogP contribution in [0.5, 0.6) is 0 Å². The van der Waals surface area contributed by atoms with Crippen molar-refractivity contribution < 1.29 is 0 Å². The lowest BCUT2D eigenvalue weighted by molar-refractivity contribution is 0.601. The van der Waals surface area contributed by atoms with Gasteiger partial charge >= 0.3 is 5.69 Å². The molecule has 0 aliphatic carbocycles. The van der Waals surface area contributed by atoms with Crippen molar-refractivity contribution in [1.82, 2.24) is 19.5 Å². The van der Waals surface area contributed by atoms with Crippen molar-refractivity contribution in [3.63, 3.8) is 0 Å². The Labute approximate surface area is 133 Å². The molecule has 3 aromatic heterocycles. The molecule has 0 radical (unpaired) electrons. The van der Waals surface area contributed by atoms with Crippen LogP contribution in [-0.2, 0) is 6.54 Å². The maximum atomic E-state index is 12.2. The number of rotatable bonds is 5. The van der Waals surface area contributed by atoms with Gasteiger partial charge in [-0.2, -0.15) is 0 Å². The molecule has 114 valence electrons. The van der Waals surface area contributed by atoms with E-state index >= 15 is 0 Å². The third-order valence-corrected chi connectivity index (χ3v) is 3.97. The van der Waals surface area contributed by atoms with Crippen LogP contribution in [0.25, 0.3) is 22.3 Å². The first-order valence-corrected chi connectivity index (χ1v) is 7.77. The van der Waals surface area contributed by atoms with Crippen molar-refractivity contribution >= 4 is 22.8 Å². The molecule has 0 aromatic carbocycles. The van der Waals surface area contributed by atoms with Crippen LogP contribution >= 0.6 is 11.6 Å². The number of hydrogen-bond acceptors (Lipinski definition) is 3. The van der Waals surface area contributed by atoms with Crippen LogP contribution in [0.2, 0.25) is 5.02 Å². The molecule has 22 heavy (non-hydrogen) atoms. The van der Waals surface area contributed by atoms with E-state index in [1.165, 1.54) is 0 Å². The molecule has 0 aliphatic rings. The van der Waals surface area contributed by atoms with E-state index in [2.05, 4.69) is 21.9 Å². The third kappa shape index (κ3) is 2.64. The molecule has 5 nitrogen and oxygen atoms in total. The number of aromatic amines is 1. The highest BCUT2D eigenvalue weighted by Crippen LogP contribution is 2.32. The number of aromatic nitrogens is 4. The number of imidazole rings is 1. The SMILES string of the molecule is CCCCCn1c(=O)[nH]c2ncc(Cl)c(-c3cccnc3)c21. The Hall–Kier alpha value is -2.14. The Bertz CT molecular complexity index is 838. The van der Waals surface area contributed by atoms with Crippen LogP contribution < -0.4 is 5.69 Å². The van der Waals surface area contributed by atoms with Gasteiger partial charge in [0.05, 0.1) is 10.5 Å². The van der Waals surface area contributed by atoms with E-state index in [0.29, 0.717) is 17.2 Å². The number of aryl methyl sites for hydroxylation is 1. The zero-order chi connectivity index (χ0) is 15.5. The van der Waals surface area contributed by atoms with Gasteiger partial charge in [-0.15, -0.1) is 0 Å². The molecular weight excluding hydrogens is 300 g/mol. The third-order valence-electron chi connectivity index (χ3n) is 3.68. The number of hydrogen-bond donors (Lipinski definition) is 1. The van der Waals surface area contributed by atoms with Crippen LogP contribution in [0, 0.1) is 0 Å². The lowest BCUT2D eigenvalue weighted by Crippen LogP contribution is -2.17. The molecule has 0 saturated carbocycles. The minimum atomic E-state index is -0.147. The van der Waals surface area contributed by atoms with Crippen LogP contribution in [0.15, 0.2) is 35.5 Å². The second-order valence-corrected chi connectivity index (χ2v) is 5.62. The van der Waals surface area contributed by atoms with Crippen molar-refractivity contribution in [3.05, 3.63) is 46.2 Å². The molecule has 3 heterocycles. The molecule has 0 amide bonds. The number of H-pyrrole nitrogens is 1. The van der Waals surface area contributed by atoms with E-state index in [1.54, 1.807) is 23.2 Å². The normalized spacial score (nSPS) is 11.2. The van der Waals surface area contributed by atoms with E-state index in [-0.39, 0.29) is 5.69 Å². The summed E-state index contributed by atoms with van der Waals surface area (Å²) in [5, 5.41) is 0.517. The van der Waals surface area contributed by atoms with Gasteiger partial charge in [-0.05, 0) is 12.5 Å². The van der Waals surface area contributed by atoms with Crippen LogP contribution in [0.4, 0.5) is 0 Å². The lowest BCUT2D eigenvalue weighted by atomic mass is 10.1. The van der Waals surface area contributed by atoms with Crippen LogP contribution in [0.1, 0.15) is 26.2 Å². The van der Waals surface area contributed by atoms with Gasteiger partial charge in [0, 0.05) is 36.3 Å². The summed E-state index contributed by atoms with van der Waals surface area (Å²) < 4.78 is 1.73. The summed E-state index contributed by atoms with van der Waals surface area (Å²) in [6.45, 7) is 2.79. The molecule has 0 aliphatic heterocycles. The summed E-state index contributed by atoms with van der Waals surface area (Å²) in [5.74, 6) is 0. The predicted octanol–water partition coefficient (Wildman–Crippen LogP) is 3.63. The molecule has 6 heteroatoms. The van der Waals surface area contributed by atoms with Gasteiger partial charge in [0.1, 0.15) is 0 Å². The summed E-state index contributed by atoms with van der Waals surface area (Å²) in [6.07, 6.45) is 8.15. The summed E-state index contributed by atoms with van der Waals surface area (Å²) in [7, 11) is 0. The topological polar surface area (TPSA) is 63.6 Å². The van der Waals surface area contributed by atoms with Crippen molar-refractivity contribution in [2.24, 2.45) is 0 Å². The number of pyridine rings is 2. The van der Waals surface area contributed by atoms with Gasteiger partial charge in [0.15, 0.2) is 5.65 Å². The smallest absolute Gasteiger partial charge is 0.290 e. The van der Waals surface area contributed by atoms with E-state index in [9.17, 15) is 4.79 Å². The Morgan fingerprint density at radius 3 is 2.91 bits per heavy atom. The molecule has 1 N–H and O–H groups in total. The summed E-state index contributed by atoms with van der Waals surface area (Å²) >= 11 is 6.36. The van der Waals surface area contributed by atoms with Gasteiger partial charge in [-0.1, -0.05) is 37.4 Å². The zero-order valence-electron chi connectivity index (χ0n) is 12.3. The van der Waals surface area contributed by atoms with Gasteiger partial charge in [0.2, 0.25) is 0 Å². The highest BCUT2D eigenvalue weighted by Gasteiger charge is 2.16. The second kappa shape index (κ2) is 6.32. The first-order valence-electron chi connectivity index (χ1n) is 7.39. The minimum absolute atomic E-state index is 0.147. The molecule has 0 spiro atoms. The molecular formula is C16H17ClN4O. The van der Waals surface area contributed by atoms with E-state index in [0.717, 1.165) is 35.9 Å². The summed E-state index contributed by atoms with van der Waals surface area (Å²) in [6, 6.07) is 3.78. The predicted molar refractivity (Wildman–Crippen MR) is 88.1 cm³/mol. The van der Waals surface area contributed by atoms with E-state index in [1.807, 2.05) is 12.1 Å². The highest BCUT2D eigenvalue weighted by molar-refractivity contribution is 6.34. The number of nitrogens with zero attached hydrogens (tertiary/aromatic N) is 3. The first kappa shape index (κ1) is 14.8. The van der Waals surface area contributed by atoms with Crippen molar-refractivity contribution in [3.8, 4) is 11.1 Å². The molecule has 0 saturated heterocycles. The lowest BCUT2D eigenvalue weighted by Gasteiger charge is -2.09. The first-order chi connectivity index (χ1) is 10.7. The number of fused-ring (bicyclic) bond motifs is 1. The fourth-order valence-corrected chi connectivity index (χ4v) is 2.87. The molecule has 3 rings (SSSR count). The molecule has 0 bridgehead atoms. The molecule has 3 aromatic rings. The monoisotopic (exact) mass is 316 g/mol. The quantitative estimate of drug-likeness (QED) is 0.731. The van der Waals surface area contributed by atoms with Crippen LogP contribution in [-0.4, -0.2) is 19.5 Å². The van der Waals surface area contributed by atoms with Crippen molar-refractivity contribution in [2.45, 2.75) is 32.7 Å². The van der Waals surface area contributed by atoms with Gasteiger partial charge in [0.25, 0.3) is 0 Å². The molecule has 0 unspecified atom stereocenters. The average Bonchev–Trinajstić information content (AvgIpc) is 2.85. The molecule has 0 atom stereocenters. The molecule has 0 fully saturated rings. The maximum absolute atomic E-state index is 12.2. The van der Waals surface area contributed by atoms with Crippen molar-refractivity contribution in [2.75, 3.05) is 0 Å². The maximum Gasteiger partial charge on any atom is 0.327 e. The van der Waals surface area contributed by atoms with Crippen LogP contribution in [0.3, 0.4) is 0 Å². The number of nitrogens with one attached hydrogen (secondary N) is 1. The van der Waals surface area contributed by atoms with Gasteiger partial charge < -0.3 is 0 Å². The Morgan fingerprint density at radius 1 is 1.32 bits per heavy atom. The fourth-order valence-electron chi connectivity index (χ4n) is 2.62. The Morgan fingerprint density at radius 2 is 2.18 bits per heavy atom. The summed E-state index contributed by atoms with van der Waals surface area (Å²) in [4.78, 5) is 23.4. The zero-order valence-corrected chi connectivity index (χ0v) is 13.1. The Kier molecular flexibility index (Phi) is 4.24. The van der Waals surface area contributed by atoms with Crippen molar-refractivity contribution in [1.29, 1.82) is 0 Å². The fraction of sp³-hybridized carbons (Fsp3) is 0.312. The van der Waals surface area contributed by atoms with E-state index < -0.39 is 0 Å². The Balaban J connectivity index is 2.22. The van der Waals surface area contributed by atoms with Gasteiger partial charge in [-0.3, -0.25) is 14.5 Å². The average molecular weight is 317 g/mol. The standard InChI is InChI=1S/C16H17ClN4O/c1-2-3-4-8-21-14-13(11-6-5-7-18-9-11)12(17)10-19-15(14)20-16(21)22/h5-7,9-10H,2-4,8H2,1H3,(H,19,20,22). The largest absolute Gasteiger partial charge is 0.327 e. The van der Waals surface area contributed by atoms with E-state index in [4.69, 9.17) is 11.6 Å². The van der Waals surface area contributed by atoms with Gasteiger partial charge in [-0.25, -0.2) is 9.78 Å². The summed E-state index contributed by atoms with van der Waals surface area (Å²) in [5.41, 5.74) is 2.84. The number of unbranched alkanes of at least 4 members (excludes halogenated alkanes) is 2. The second-order valence-electron chi connectivity index (χ2n) is 5.21. The highest BCUT2D eigenvalue weighted by atomic mass is 35.5. The number of halogens is 1. The minimum Gasteiger partial charge on any atom is -0.290 e.